The third-order valence-electron chi connectivity index (χ3n) is 4.69. The minimum Gasteiger partial charge on any atom is -0.368 e. The van der Waals surface area contributed by atoms with Crippen LogP contribution in [0, 0.1) is 9.49 Å². The van der Waals surface area contributed by atoms with Gasteiger partial charge in [0, 0.05) is 47.0 Å². The minimum atomic E-state index is -0.103. The molecular weight excluding hydrogens is 453 g/mol. The summed E-state index contributed by atoms with van der Waals surface area (Å²) in [6.07, 6.45) is 0. The summed E-state index contributed by atoms with van der Waals surface area (Å²) in [7, 11) is 0. The Morgan fingerprint density at radius 3 is 2.19 bits per heavy atom. The van der Waals surface area contributed by atoms with Gasteiger partial charge in [0.2, 0.25) is 5.91 Å². The first-order valence-electron chi connectivity index (χ1n) is 9.15. The SMILES string of the molecule is CC(C)C(=O)N1CCN(c2ccc(NC(=O)c3ccccc3I)cc2)CC1. The van der Waals surface area contributed by atoms with Gasteiger partial charge in [0.05, 0.1) is 5.56 Å². The molecule has 27 heavy (non-hydrogen) atoms. The molecule has 0 aromatic heterocycles. The number of anilines is 2. The van der Waals surface area contributed by atoms with Gasteiger partial charge in [0.15, 0.2) is 0 Å². The van der Waals surface area contributed by atoms with E-state index in [1.54, 1.807) is 0 Å². The zero-order chi connectivity index (χ0) is 19.4. The van der Waals surface area contributed by atoms with Gasteiger partial charge in [0.25, 0.3) is 5.91 Å². The maximum Gasteiger partial charge on any atom is 0.256 e. The molecule has 0 saturated carbocycles. The number of hydrogen-bond donors (Lipinski definition) is 1. The molecule has 1 fully saturated rings. The highest BCUT2D eigenvalue weighted by atomic mass is 127. The Hall–Kier alpha value is -2.09. The second kappa shape index (κ2) is 8.73. The lowest BCUT2D eigenvalue weighted by atomic mass is 10.1. The summed E-state index contributed by atoms with van der Waals surface area (Å²) in [6, 6.07) is 15.4. The van der Waals surface area contributed by atoms with E-state index in [0.29, 0.717) is 5.56 Å². The number of nitrogens with zero attached hydrogens (tertiary/aromatic N) is 2. The summed E-state index contributed by atoms with van der Waals surface area (Å²) < 4.78 is 0.929. The molecule has 1 heterocycles. The van der Waals surface area contributed by atoms with Crippen molar-refractivity contribution >= 4 is 45.8 Å². The van der Waals surface area contributed by atoms with E-state index in [1.165, 1.54) is 0 Å². The number of amides is 2. The lowest BCUT2D eigenvalue weighted by molar-refractivity contribution is -0.134. The molecule has 5 nitrogen and oxygen atoms in total. The molecule has 6 heteroatoms. The largest absolute Gasteiger partial charge is 0.368 e. The monoisotopic (exact) mass is 477 g/mol. The molecule has 2 aromatic rings. The van der Waals surface area contributed by atoms with Crippen molar-refractivity contribution in [3.8, 4) is 0 Å². The summed E-state index contributed by atoms with van der Waals surface area (Å²) in [5.41, 5.74) is 2.56. The Morgan fingerprint density at radius 1 is 0.963 bits per heavy atom. The predicted octanol–water partition coefficient (Wildman–Crippen LogP) is 3.85. The third kappa shape index (κ3) is 4.80. The standard InChI is InChI=1S/C21H24IN3O2/c1-15(2)21(27)25-13-11-24(12-14-25)17-9-7-16(8-10-17)23-20(26)18-5-3-4-6-19(18)22/h3-10,15H,11-14H2,1-2H3,(H,23,26). The molecule has 2 amide bonds. The molecule has 0 atom stereocenters. The first-order valence-corrected chi connectivity index (χ1v) is 10.2. The molecule has 1 saturated heterocycles. The van der Waals surface area contributed by atoms with Crippen LogP contribution < -0.4 is 10.2 Å². The van der Waals surface area contributed by atoms with Crippen molar-refractivity contribution in [3.05, 3.63) is 57.7 Å². The lowest BCUT2D eigenvalue weighted by Gasteiger charge is -2.37. The van der Waals surface area contributed by atoms with Crippen molar-refractivity contribution in [2.75, 3.05) is 36.4 Å². The van der Waals surface area contributed by atoms with Crippen LogP contribution in [0.2, 0.25) is 0 Å². The van der Waals surface area contributed by atoms with Crippen LogP contribution in [0.4, 0.5) is 11.4 Å². The Labute approximate surface area is 173 Å². The number of hydrogen-bond acceptors (Lipinski definition) is 3. The van der Waals surface area contributed by atoms with E-state index in [0.717, 1.165) is 41.1 Å². The number of halogens is 1. The molecule has 0 radical (unpaired) electrons. The van der Waals surface area contributed by atoms with Crippen molar-refractivity contribution in [2.45, 2.75) is 13.8 Å². The Kier molecular flexibility index (Phi) is 6.36. The van der Waals surface area contributed by atoms with Gasteiger partial charge in [-0.05, 0) is 59.0 Å². The van der Waals surface area contributed by atoms with Gasteiger partial charge < -0.3 is 15.1 Å². The van der Waals surface area contributed by atoms with Gasteiger partial charge in [-0.1, -0.05) is 26.0 Å². The summed E-state index contributed by atoms with van der Waals surface area (Å²) in [5, 5.41) is 2.95. The van der Waals surface area contributed by atoms with E-state index in [9.17, 15) is 9.59 Å². The second-order valence-electron chi connectivity index (χ2n) is 6.95. The van der Waals surface area contributed by atoms with Crippen LogP contribution in [-0.4, -0.2) is 42.9 Å². The van der Waals surface area contributed by atoms with E-state index in [-0.39, 0.29) is 17.7 Å². The van der Waals surface area contributed by atoms with Crippen LogP contribution in [0.1, 0.15) is 24.2 Å². The van der Waals surface area contributed by atoms with Gasteiger partial charge in [-0.25, -0.2) is 0 Å². The van der Waals surface area contributed by atoms with Gasteiger partial charge in [0.1, 0.15) is 0 Å². The molecule has 0 unspecified atom stereocenters. The highest BCUT2D eigenvalue weighted by Gasteiger charge is 2.22. The normalized spacial score (nSPS) is 14.4. The Morgan fingerprint density at radius 2 is 1.59 bits per heavy atom. The van der Waals surface area contributed by atoms with Crippen LogP contribution in [0.25, 0.3) is 0 Å². The van der Waals surface area contributed by atoms with E-state index in [4.69, 9.17) is 0 Å². The Balaban J connectivity index is 1.59. The van der Waals surface area contributed by atoms with Crippen LogP contribution in [0.5, 0.6) is 0 Å². The van der Waals surface area contributed by atoms with E-state index >= 15 is 0 Å². The fourth-order valence-electron chi connectivity index (χ4n) is 3.15. The van der Waals surface area contributed by atoms with Crippen molar-refractivity contribution in [1.29, 1.82) is 0 Å². The molecule has 0 aliphatic carbocycles. The van der Waals surface area contributed by atoms with Crippen LogP contribution in [0.3, 0.4) is 0 Å². The Bertz CT molecular complexity index is 812. The van der Waals surface area contributed by atoms with E-state index in [1.807, 2.05) is 67.3 Å². The topological polar surface area (TPSA) is 52.7 Å². The van der Waals surface area contributed by atoms with Crippen molar-refractivity contribution in [2.24, 2.45) is 5.92 Å². The van der Waals surface area contributed by atoms with Crippen LogP contribution in [0.15, 0.2) is 48.5 Å². The molecule has 2 aromatic carbocycles. The summed E-state index contributed by atoms with van der Waals surface area (Å²) in [6.45, 7) is 7.04. The molecule has 1 aliphatic rings. The van der Waals surface area contributed by atoms with Gasteiger partial charge in [-0.2, -0.15) is 0 Å². The summed E-state index contributed by atoms with van der Waals surface area (Å²) in [4.78, 5) is 28.7. The fourth-order valence-corrected chi connectivity index (χ4v) is 3.78. The van der Waals surface area contributed by atoms with E-state index in [2.05, 4.69) is 32.8 Å². The number of carbonyl (C=O) groups excluding carboxylic acids is 2. The molecular formula is C21H24IN3O2. The predicted molar refractivity (Wildman–Crippen MR) is 117 cm³/mol. The molecule has 3 rings (SSSR count). The number of rotatable bonds is 4. The zero-order valence-corrected chi connectivity index (χ0v) is 17.8. The highest BCUT2D eigenvalue weighted by molar-refractivity contribution is 14.1. The minimum absolute atomic E-state index is 0.0483. The molecule has 0 spiro atoms. The number of carbonyl (C=O) groups is 2. The van der Waals surface area contributed by atoms with Gasteiger partial charge >= 0.3 is 0 Å². The first kappa shape index (κ1) is 19.7. The van der Waals surface area contributed by atoms with Crippen molar-refractivity contribution in [1.82, 2.24) is 4.90 Å². The zero-order valence-electron chi connectivity index (χ0n) is 15.6. The molecule has 142 valence electrons. The fraction of sp³-hybridized carbons (Fsp3) is 0.333. The summed E-state index contributed by atoms with van der Waals surface area (Å²) in [5.74, 6) is 0.170. The van der Waals surface area contributed by atoms with Gasteiger partial charge in [-0.3, -0.25) is 9.59 Å². The molecule has 1 N–H and O–H groups in total. The second-order valence-corrected chi connectivity index (χ2v) is 8.11. The number of piperazine rings is 1. The van der Waals surface area contributed by atoms with Crippen molar-refractivity contribution < 1.29 is 9.59 Å². The number of nitrogens with one attached hydrogen (secondary N) is 1. The molecule has 0 bridgehead atoms. The van der Waals surface area contributed by atoms with Crippen LogP contribution in [-0.2, 0) is 4.79 Å². The average molecular weight is 477 g/mol. The first-order chi connectivity index (χ1) is 13.0. The van der Waals surface area contributed by atoms with E-state index < -0.39 is 0 Å². The van der Waals surface area contributed by atoms with Crippen molar-refractivity contribution in [3.63, 3.8) is 0 Å². The summed E-state index contributed by atoms with van der Waals surface area (Å²) >= 11 is 2.17. The van der Waals surface area contributed by atoms with Gasteiger partial charge in [-0.15, -0.1) is 0 Å². The quantitative estimate of drug-likeness (QED) is 0.681. The number of benzene rings is 2. The molecule has 1 aliphatic heterocycles. The average Bonchev–Trinajstić information content (AvgIpc) is 2.68. The maximum atomic E-state index is 12.4. The smallest absolute Gasteiger partial charge is 0.256 e. The third-order valence-corrected chi connectivity index (χ3v) is 5.63. The maximum absolute atomic E-state index is 12.4. The van der Waals surface area contributed by atoms with Crippen LogP contribution >= 0.6 is 22.6 Å². The highest BCUT2D eigenvalue weighted by Crippen LogP contribution is 2.21. The lowest BCUT2D eigenvalue weighted by Crippen LogP contribution is -2.49.